The molecule has 0 saturated carbocycles. The van der Waals surface area contributed by atoms with Gasteiger partial charge in [0.05, 0.1) is 21.6 Å². The second-order valence-corrected chi connectivity index (χ2v) is 11.0. The summed E-state index contributed by atoms with van der Waals surface area (Å²) < 4.78 is 14.1. The minimum Gasteiger partial charge on any atom is -0.493 e. The second kappa shape index (κ2) is 9.11. The molecule has 3 aromatic rings. The summed E-state index contributed by atoms with van der Waals surface area (Å²) in [5.41, 5.74) is 3.03. The lowest BCUT2D eigenvalue weighted by atomic mass is 9.73. The maximum atomic E-state index is 13.3. The number of nitrogens with zero attached hydrogens (tertiary/aromatic N) is 4. The molecule has 1 N–H and O–H groups in total. The number of aromatic nitrogens is 4. The van der Waals surface area contributed by atoms with Crippen LogP contribution >= 0.6 is 39.1 Å². The SMILES string of the molecule is COc1cc(C2C3=C(CC(C)(C)CC3=O)Nc3nnnn32)cc(Br)c1OCc1ccc(Cl)c(Cl)c1. The van der Waals surface area contributed by atoms with Crippen LogP contribution in [0.4, 0.5) is 5.95 Å². The summed E-state index contributed by atoms with van der Waals surface area (Å²) in [6.45, 7) is 4.43. The molecular formula is C24H22BrCl2N5O3. The van der Waals surface area contributed by atoms with Crippen LogP contribution in [0.5, 0.6) is 11.5 Å². The first-order valence-electron chi connectivity index (χ1n) is 10.9. The fourth-order valence-electron chi connectivity index (χ4n) is 4.60. The average molecular weight is 579 g/mol. The summed E-state index contributed by atoms with van der Waals surface area (Å²) in [7, 11) is 1.57. The van der Waals surface area contributed by atoms with Gasteiger partial charge in [-0.15, -0.1) is 0 Å². The quantitative estimate of drug-likeness (QED) is 0.397. The first-order chi connectivity index (χ1) is 16.7. The molecule has 2 aromatic carbocycles. The molecule has 5 rings (SSSR count). The molecule has 1 aliphatic carbocycles. The van der Waals surface area contributed by atoms with Crippen molar-refractivity contribution in [2.24, 2.45) is 5.41 Å². The second-order valence-electron chi connectivity index (χ2n) is 9.38. The number of hydrogen-bond donors (Lipinski definition) is 1. The standard InChI is InChI=1S/C24H22BrCl2N5O3/c1-24(2)9-17-20(18(33)10-24)21(32-23(28-17)29-30-31-32)13-7-14(25)22(19(8-13)34-3)35-11-12-4-5-15(26)16(27)6-12/h4-8,21H,9-11H2,1-3H3,(H,28,29,31). The number of methoxy groups -OCH3 is 1. The summed E-state index contributed by atoms with van der Waals surface area (Å²) >= 11 is 15.8. The molecule has 1 atom stereocenters. The summed E-state index contributed by atoms with van der Waals surface area (Å²) in [6, 6.07) is 8.61. The third kappa shape index (κ3) is 4.52. The van der Waals surface area contributed by atoms with Gasteiger partial charge < -0.3 is 14.8 Å². The molecule has 2 aliphatic rings. The predicted molar refractivity (Wildman–Crippen MR) is 136 cm³/mol. The van der Waals surface area contributed by atoms with E-state index in [1.54, 1.807) is 23.9 Å². The monoisotopic (exact) mass is 577 g/mol. The number of allylic oxidation sites excluding steroid dienone is 2. The van der Waals surface area contributed by atoms with Crippen LogP contribution in [0.3, 0.4) is 0 Å². The fourth-order valence-corrected chi connectivity index (χ4v) is 5.50. The van der Waals surface area contributed by atoms with E-state index in [1.807, 2.05) is 18.2 Å². The van der Waals surface area contributed by atoms with Crippen LogP contribution in [0, 0.1) is 5.41 Å². The van der Waals surface area contributed by atoms with Crippen molar-refractivity contribution >= 4 is 50.9 Å². The van der Waals surface area contributed by atoms with Gasteiger partial charge in [-0.1, -0.05) is 48.2 Å². The maximum absolute atomic E-state index is 13.3. The van der Waals surface area contributed by atoms with Crippen LogP contribution in [0.15, 0.2) is 46.1 Å². The minimum absolute atomic E-state index is 0.0740. The summed E-state index contributed by atoms with van der Waals surface area (Å²) in [4.78, 5) is 13.3. The number of rotatable bonds is 5. The van der Waals surface area contributed by atoms with Crippen molar-refractivity contribution in [3.8, 4) is 11.5 Å². The Morgan fingerprint density at radius 2 is 2.00 bits per heavy atom. The van der Waals surface area contributed by atoms with Crippen molar-refractivity contribution < 1.29 is 14.3 Å². The Labute approximate surface area is 220 Å². The molecule has 0 amide bonds. The molecule has 182 valence electrons. The van der Waals surface area contributed by atoms with Crippen LogP contribution in [0.1, 0.15) is 43.9 Å². The molecule has 0 radical (unpaired) electrons. The first kappa shape index (κ1) is 24.1. The van der Waals surface area contributed by atoms with Crippen LogP contribution in [-0.2, 0) is 11.4 Å². The molecule has 0 bridgehead atoms. The lowest BCUT2D eigenvalue weighted by Crippen LogP contribution is -2.36. The van der Waals surface area contributed by atoms with E-state index in [4.69, 9.17) is 32.7 Å². The number of ether oxygens (including phenoxy) is 2. The molecule has 0 fully saturated rings. The van der Waals surface area contributed by atoms with E-state index in [0.717, 1.165) is 23.2 Å². The van der Waals surface area contributed by atoms with Gasteiger partial charge in [-0.2, -0.15) is 4.68 Å². The highest BCUT2D eigenvalue weighted by Gasteiger charge is 2.42. The molecular weight excluding hydrogens is 557 g/mol. The third-order valence-corrected chi connectivity index (χ3v) is 7.46. The lowest BCUT2D eigenvalue weighted by Gasteiger charge is -2.38. The highest BCUT2D eigenvalue weighted by molar-refractivity contribution is 9.10. The van der Waals surface area contributed by atoms with Crippen molar-refractivity contribution in [1.82, 2.24) is 20.2 Å². The number of halogens is 3. The van der Waals surface area contributed by atoms with Crippen LogP contribution in [0.25, 0.3) is 0 Å². The van der Waals surface area contributed by atoms with Gasteiger partial charge in [-0.3, -0.25) is 4.79 Å². The van der Waals surface area contributed by atoms with Crippen LogP contribution in [-0.4, -0.2) is 33.1 Å². The summed E-state index contributed by atoms with van der Waals surface area (Å²) in [6.07, 6.45) is 1.17. The molecule has 2 heterocycles. The van der Waals surface area contributed by atoms with Gasteiger partial charge in [0.25, 0.3) is 0 Å². The number of hydrogen-bond acceptors (Lipinski definition) is 7. The molecule has 1 aliphatic heterocycles. The largest absolute Gasteiger partial charge is 0.493 e. The molecule has 11 heteroatoms. The van der Waals surface area contributed by atoms with Gasteiger partial charge in [0.2, 0.25) is 5.95 Å². The Balaban J connectivity index is 1.53. The van der Waals surface area contributed by atoms with Crippen molar-refractivity contribution in [1.29, 1.82) is 0 Å². The number of anilines is 1. The Morgan fingerprint density at radius 1 is 1.20 bits per heavy atom. The van der Waals surface area contributed by atoms with Crippen molar-refractivity contribution in [2.75, 3.05) is 12.4 Å². The third-order valence-electron chi connectivity index (χ3n) is 6.13. The van der Waals surface area contributed by atoms with Crippen LogP contribution in [0.2, 0.25) is 10.0 Å². The fraction of sp³-hybridized carbons (Fsp3) is 0.333. The van der Waals surface area contributed by atoms with Gasteiger partial charge in [0.15, 0.2) is 17.3 Å². The van der Waals surface area contributed by atoms with Gasteiger partial charge in [-0.25, -0.2) is 0 Å². The molecule has 35 heavy (non-hydrogen) atoms. The summed E-state index contributed by atoms with van der Waals surface area (Å²) in [5, 5.41) is 16.3. The molecule has 1 aromatic heterocycles. The van der Waals surface area contributed by atoms with Gasteiger partial charge in [-0.05, 0) is 73.6 Å². The van der Waals surface area contributed by atoms with Crippen molar-refractivity contribution in [3.05, 3.63) is 67.2 Å². The number of Topliss-reactive ketones (excluding diaryl/α,β-unsaturated/α-hetero) is 1. The Morgan fingerprint density at radius 3 is 2.74 bits per heavy atom. The highest BCUT2D eigenvalue weighted by Crippen LogP contribution is 2.47. The number of carbonyl (C=O) groups is 1. The van der Waals surface area contributed by atoms with Gasteiger partial charge in [0, 0.05) is 17.7 Å². The zero-order valence-electron chi connectivity index (χ0n) is 19.2. The number of benzene rings is 2. The normalized spacial score (nSPS) is 18.6. The predicted octanol–water partition coefficient (Wildman–Crippen LogP) is 5.99. The first-order valence-corrected chi connectivity index (χ1v) is 12.5. The number of carbonyl (C=O) groups excluding carboxylic acids is 1. The van der Waals surface area contributed by atoms with Gasteiger partial charge >= 0.3 is 0 Å². The number of tetrazole rings is 1. The van der Waals surface area contributed by atoms with Crippen molar-refractivity contribution in [3.63, 3.8) is 0 Å². The van der Waals surface area contributed by atoms with E-state index >= 15 is 0 Å². The molecule has 1 unspecified atom stereocenters. The smallest absolute Gasteiger partial charge is 0.248 e. The maximum Gasteiger partial charge on any atom is 0.248 e. The van der Waals surface area contributed by atoms with E-state index in [9.17, 15) is 4.79 Å². The molecule has 8 nitrogen and oxygen atoms in total. The number of ketones is 1. The van der Waals surface area contributed by atoms with Crippen molar-refractivity contribution in [2.45, 2.75) is 39.3 Å². The highest BCUT2D eigenvalue weighted by atomic mass is 79.9. The number of fused-ring (bicyclic) bond motifs is 1. The van der Waals surface area contributed by atoms with E-state index in [-0.39, 0.29) is 17.8 Å². The summed E-state index contributed by atoms with van der Waals surface area (Å²) in [5.74, 6) is 1.60. The average Bonchev–Trinajstić information content (AvgIpc) is 3.26. The van der Waals surface area contributed by atoms with Gasteiger partial charge in [0.1, 0.15) is 12.6 Å². The van der Waals surface area contributed by atoms with E-state index < -0.39 is 6.04 Å². The topological polar surface area (TPSA) is 91.2 Å². The zero-order valence-corrected chi connectivity index (χ0v) is 22.3. The zero-order chi connectivity index (χ0) is 24.9. The van der Waals surface area contributed by atoms with E-state index in [1.165, 1.54) is 0 Å². The van der Waals surface area contributed by atoms with Crippen LogP contribution < -0.4 is 14.8 Å². The van der Waals surface area contributed by atoms with E-state index in [0.29, 0.717) is 44.0 Å². The molecule has 0 spiro atoms. The van der Waals surface area contributed by atoms with E-state index in [2.05, 4.69) is 50.6 Å². The molecule has 0 saturated heterocycles. The Kier molecular flexibility index (Phi) is 6.27. The Hall–Kier alpha value is -2.62. The lowest BCUT2D eigenvalue weighted by molar-refractivity contribution is -0.118. The minimum atomic E-state index is -0.492. The number of nitrogens with one attached hydrogen (secondary N) is 1. The Bertz CT molecular complexity index is 1370.